The average Bonchev–Trinajstić information content (AvgIpc) is 2.99. The van der Waals surface area contributed by atoms with E-state index in [-0.39, 0.29) is 18.0 Å². The van der Waals surface area contributed by atoms with Crippen molar-refractivity contribution in [1.82, 2.24) is 24.6 Å². The number of carbonyl (C=O) groups is 1. The number of fused-ring (bicyclic) bond motifs is 1. The van der Waals surface area contributed by atoms with E-state index in [9.17, 15) is 9.59 Å². The number of hydrogen-bond acceptors (Lipinski definition) is 4. The lowest BCUT2D eigenvalue weighted by Gasteiger charge is -2.07. The lowest BCUT2D eigenvalue weighted by molar-refractivity contribution is -0.121. The Morgan fingerprint density at radius 2 is 2.00 bits per heavy atom. The number of aryl methyl sites for hydroxylation is 2. The molecule has 0 saturated heterocycles. The quantitative estimate of drug-likeness (QED) is 0.715. The number of carbonyl (C=O) groups excluding carboxylic acids is 1. The molecule has 0 aliphatic rings. The van der Waals surface area contributed by atoms with E-state index in [0.29, 0.717) is 17.6 Å². The third-order valence-corrected chi connectivity index (χ3v) is 3.76. The monoisotopic (exact) mass is 337 g/mol. The van der Waals surface area contributed by atoms with E-state index in [1.54, 1.807) is 10.8 Å². The van der Waals surface area contributed by atoms with Crippen LogP contribution in [0.4, 0.5) is 0 Å². The molecule has 7 nitrogen and oxygen atoms in total. The molecule has 0 spiro atoms. The Kier molecular flexibility index (Phi) is 4.47. The van der Waals surface area contributed by atoms with Crippen LogP contribution in [0.2, 0.25) is 0 Å². The van der Waals surface area contributed by atoms with E-state index >= 15 is 0 Å². The molecule has 2 aromatic heterocycles. The summed E-state index contributed by atoms with van der Waals surface area (Å²) in [6, 6.07) is 6.03. The van der Waals surface area contributed by atoms with Crippen molar-refractivity contribution in [2.45, 2.75) is 20.4 Å². The van der Waals surface area contributed by atoms with Crippen molar-refractivity contribution in [1.29, 1.82) is 0 Å². The van der Waals surface area contributed by atoms with Crippen molar-refractivity contribution in [3.63, 3.8) is 0 Å². The first-order valence-corrected chi connectivity index (χ1v) is 7.89. The number of nitrogens with zero attached hydrogens (tertiary/aromatic N) is 4. The topological polar surface area (TPSA) is 81.8 Å². The molecule has 7 heteroatoms. The fourth-order valence-electron chi connectivity index (χ4n) is 2.72. The lowest BCUT2D eigenvalue weighted by Crippen LogP contribution is -2.32. The standard InChI is InChI=1S/C18H19N5O2/c1-4-5-19-16(24)10-22-11-20-17-15(18(22)25)9-21-23(17)14-7-12(2)6-13(3)8-14/h4,6-9,11H,1,5,10H2,2-3H3,(H,19,24). The van der Waals surface area contributed by atoms with Crippen LogP contribution in [0.25, 0.3) is 16.7 Å². The summed E-state index contributed by atoms with van der Waals surface area (Å²) in [6.45, 7) is 7.81. The van der Waals surface area contributed by atoms with Crippen LogP contribution in [0.5, 0.6) is 0 Å². The highest BCUT2D eigenvalue weighted by Crippen LogP contribution is 2.16. The van der Waals surface area contributed by atoms with Gasteiger partial charge < -0.3 is 5.32 Å². The normalized spacial score (nSPS) is 10.8. The zero-order valence-corrected chi connectivity index (χ0v) is 14.2. The van der Waals surface area contributed by atoms with Crippen molar-refractivity contribution in [3.8, 4) is 5.69 Å². The van der Waals surface area contributed by atoms with Crippen molar-refractivity contribution in [3.05, 3.63) is 64.9 Å². The van der Waals surface area contributed by atoms with E-state index in [1.165, 1.54) is 17.1 Å². The maximum atomic E-state index is 12.6. The third kappa shape index (κ3) is 3.35. The Hall–Kier alpha value is -3.22. The van der Waals surface area contributed by atoms with E-state index in [1.807, 2.05) is 26.0 Å². The largest absolute Gasteiger partial charge is 0.351 e. The van der Waals surface area contributed by atoms with Crippen LogP contribution >= 0.6 is 0 Å². The second-order valence-electron chi connectivity index (χ2n) is 5.91. The highest BCUT2D eigenvalue weighted by atomic mass is 16.2. The number of aromatic nitrogens is 4. The second kappa shape index (κ2) is 6.72. The van der Waals surface area contributed by atoms with Gasteiger partial charge in [-0.15, -0.1) is 6.58 Å². The smallest absolute Gasteiger partial charge is 0.264 e. The number of hydrogen-bond donors (Lipinski definition) is 1. The average molecular weight is 337 g/mol. The number of amides is 1. The lowest BCUT2D eigenvalue weighted by atomic mass is 10.1. The van der Waals surface area contributed by atoms with Gasteiger partial charge in [-0.1, -0.05) is 12.1 Å². The van der Waals surface area contributed by atoms with Crippen LogP contribution in [0.1, 0.15) is 11.1 Å². The van der Waals surface area contributed by atoms with Crippen molar-refractivity contribution in [2.75, 3.05) is 6.54 Å². The summed E-state index contributed by atoms with van der Waals surface area (Å²) >= 11 is 0. The molecule has 0 aliphatic carbocycles. The van der Waals surface area contributed by atoms with E-state index in [4.69, 9.17) is 0 Å². The van der Waals surface area contributed by atoms with Gasteiger partial charge in [-0.05, 0) is 37.1 Å². The zero-order valence-electron chi connectivity index (χ0n) is 14.2. The van der Waals surface area contributed by atoms with E-state index < -0.39 is 0 Å². The minimum atomic E-state index is -0.297. The minimum Gasteiger partial charge on any atom is -0.351 e. The van der Waals surface area contributed by atoms with Gasteiger partial charge in [-0.2, -0.15) is 5.10 Å². The molecule has 128 valence electrons. The summed E-state index contributed by atoms with van der Waals surface area (Å²) in [6.07, 6.45) is 4.44. The molecule has 1 aromatic carbocycles. The molecule has 0 fully saturated rings. The fourth-order valence-corrected chi connectivity index (χ4v) is 2.72. The van der Waals surface area contributed by atoms with Gasteiger partial charge in [-0.25, -0.2) is 9.67 Å². The van der Waals surface area contributed by atoms with E-state index in [2.05, 4.69) is 28.0 Å². The first kappa shape index (κ1) is 16.6. The van der Waals surface area contributed by atoms with Gasteiger partial charge in [0.25, 0.3) is 5.56 Å². The zero-order chi connectivity index (χ0) is 18.0. The number of nitrogens with one attached hydrogen (secondary N) is 1. The molecule has 3 rings (SSSR count). The Morgan fingerprint density at radius 1 is 1.28 bits per heavy atom. The van der Waals surface area contributed by atoms with Gasteiger partial charge in [0.15, 0.2) is 5.65 Å². The summed E-state index contributed by atoms with van der Waals surface area (Å²) in [5, 5.41) is 7.31. The van der Waals surface area contributed by atoms with E-state index in [0.717, 1.165) is 16.8 Å². The Balaban J connectivity index is 2.00. The molecule has 0 aliphatic heterocycles. The fraction of sp³-hybridized carbons (Fsp3) is 0.222. The molecule has 0 radical (unpaired) electrons. The maximum Gasteiger partial charge on any atom is 0.264 e. The van der Waals surface area contributed by atoms with Crippen LogP contribution in [-0.4, -0.2) is 31.8 Å². The predicted octanol–water partition coefficient (Wildman–Crippen LogP) is 1.50. The second-order valence-corrected chi connectivity index (χ2v) is 5.91. The third-order valence-electron chi connectivity index (χ3n) is 3.76. The molecule has 25 heavy (non-hydrogen) atoms. The van der Waals surface area contributed by atoms with Gasteiger partial charge >= 0.3 is 0 Å². The van der Waals surface area contributed by atoms with Crippen LogP contribution in [-0.2, 0) is 11.3 Å². The Bertz CT molecular complexity index is 996. The summed E-state index contributed by atoms with van der Waals surface area (Å²) in [7, 11) is 0. The van der Waals surface area contributed by atoms with Gasteiger partial charge in [0.1, 0.15) is 18.3 Å². The molecule has 0 saturated carbocycles. The molecular weight excluding hydrogens is 318 g/mol. The van der Waals surface area contributed by atoms with Crippen LogP contribution in [0.3, 0.4) is 0 Å². The van der Waals surface area contributed by atoms with Crippen molar-refractivity contribution >= 4 is 16.9 Å². The molecular formula is C18H19N5O2. The molecule has 1 amide bonds. The van der Waals surface area contributed by atoms with Crippen LogP contribution in [0.15, 0.2) is 48.2 Å². The Labute approximate surface area is 144 Å². The first-order chi connectivity index (χ1) is 12.0. The molecule has 1 N–H and O–H groups in total. The Morgan fingerprint density at radius 3 is 2.68 bits per heavy atom. The molecule has 2 heterocycles. The highest BCUT2D eigenvalue weighted by Gasteiger charge is 2.13. The van der Waals surface area contributed by atoms with Crippen molar-refractivity contribution < 1.29 is 4.79 Å². The molecule has 0 unspecified atom stereocenters. The summed E-state index contributed by atoms with van der Waals surface area (Å²) < 4.78 is 2.91. The van der Waals surface area contributed by atoms with Gasteiger partial charge in [-0.3, -0.25) is 14.2 Å². The molecule has 0 atom stereocenters. The van der Waals surface area contributed by atoms with Gasteiger partial charge in [0.2, 0.25) is 5.91 Å². The maximum absolute atomic E-state index is 12.6. The highest BCUT2D eigenvalue weighted by molar-refractivity contribution is 5.78. The first-order valence-electron chi connectivity index (χ1n) is 7.89. The number of benzene rings is 1. The summed E-state index contributed by atoms with van der Waals surface area (Å²) in [5.74, 6) is -0.273. The van der Waals surface area contributed by atoms with Crippen LogP contribution in [0, 0.1) is 13.8 Å². The van der Waals surface area contributed by atoms with Crippen molar-refractivity contribution in [2.24, 2.45) is 0 Å². The molecule has 3 aromatic rings. The number of rotatable bonds is 5. The minimum absolute atomic E-state index is 0.0929. The van der Waals surface area contributed by atoms with Gasteiger partial charge in [0.05, 0.1) is 11.9 Å². The van der Waals surface area contributed by atoms with Gasteiger partial charge in [0, 0.05) is 6.54 Å². The predicted molar refractivity (Wildman–Crippen MR) is 95.8 cm³/mol. The SMILES string of the molecule is C=CCNC(=O)Cn1cnc2c(cnn2-c2cc(C)cc(C)c2)c1=O. The summed E-state index contributed by atoms with van der Waals surface area (Å²) in [5.41, 5.74) is 3.23. The summed E-state index contributed by atoms with van der Waals surface area (Å²) in [4.78, 5) is 28.7. The molecule has 0 bridgehead atoms. The van der Waals surface area contributed by atoms with Crippen LogP contribution < -0.4 is 10.9 Å².